The molecule has 1 unspecified atom stereocenters. The predicted molar refractivity (Wildman–Crippen MR) is 54.9 cm³/mol. The van der Waals surface area contributed by atoms with Crippen molar-refractivity contribution in [2.75, 3.05) is 13.2 Å². The topological polar surface area (TPSA) is 18.5 Å². The third-order valence-corrected chi connectivity index (χ3v) is 4.98. The van der Waals surface area contributed by atoms with Gasteiger partial charge in [-0.25, -0.2) is 13.2 Å². The molecule has 0 bridgehead atoms. The lowest BCUT2D eigenvalue weighted by Crippen LogP contribution is -2.44. The Morgan fingerprint density at radius 2 is 1.67 bits per heavy atom. The van der Waals surface area contributed by atoms with Crippen molar-refractivity contribution in [3.8, 4) is 0 Å². The number of halogens is 3. The minimum absolute atomic E-state index is 0.300. The molecule has 15 heavy (non-hydrogen) atoms. The Bertz CT molecular complexity index is 184. The maximum Gasteiger partial charge on any atom is 0.367 e. The van der Waals surface area contributed by atoms with Gasteiger partial charge in [-0.3, -0.25) is 0 Å². The fourth-order valence-electron chi connectivity index (χ4n) is 1.21. The van der Waals surface area contributed by atoms with Crippen molar-refractivity contribution in [3.05, 3.63) is 12.3 Å². The molecule has 0 aliphatic carbocycles. The lowest BCUT2D eigenvalue weighted by Gasteiger charge is -2.27. The van der Waals surface area contributed by atoms with Gasteiger partial charge in [0.05, 0.1) is 0 Å². The van der Waals surface area contributed by atoms with Gasteiger partial charge in [0, 0.05) is 19.3 Å². The Kier molecular flexibility index (Phi) is 6.87. The van der Waals surface area contributed by atoms with E-state index in [1.54, 1.807) is 13.8 Å². The van der Waals surface area contributed by atoms with E-state index in [1.807, 2.05) is 0 Å². The highest BCUT2D eigenvalue weighted by molar-refractivity contribution is 6.72. The minimum atomic E-state index is -3.00. The van der Waals surface area contributed by atoms with E-state index in [4.69, 9.17) is 8.85 Å². The third-order valence-electron chi connectivity index (χ3n) is 1.84. The molecule has 0 amide bonds. The molecule has 0 aromatic heterocycles. The van der Waals surface area contributed by atoms with Crippen LogP contribution in [0.25, 0.3) is 0 Å². The van der Waals surface area contributed by atoms with E-state index in [-0.39, 0.29) is 0 Å². The zero-order valence-electron chi connectivity index (χ0n) is 9.01. The van der Waals surface area contributed by atoms with E-state index < -0.39 is 27.2 Å². The zero-order valence-corrected chi connectivity index (χ0v) is 10.0. The molecule has 2 nitrogen and oxygen atoms in total. The van der Waals surface area contributed by atoms with Crippen molar-refractivity contribution in [3.63, 3.8) is 0 Å². The van der Waals surface area contributed by atoms with Crippen LogP contribution >= 0.6 is 0 Å². The van der Waals surface area contributed by atoms with E-state index in [1.165, 1.54) is 5.70 Å². The maximum atomic E-state index is 12.9. The number of hydrogen-bond donors (Lipinski definition) is 0. The average molecular weight is 242 g/mol. The molecule has 0 radical (unpaired) electrons. The molecule has 90 valence electrons. The van der Waals surface area contributed by atoms with Crippen LogP contribution in [-0.4, -0.2) is 34.4 Å². The molecule has 0 spiro atoms. The van der Waals surface area contributed by atoms with Crippen molar-refractivity contribution >= 4 is 8.56 Å². The quantitative estimate of drug-likeness (QED) is 0.609. The Morgan fingerprint density at radius 1 is 1.20 bits per heavy atom. The van der Waals surface area contributed by atoms with Crippen molar-refractivity contribution in [1.29, 1.82) is 0 Å². The van der Waals surface area contributed by atoms with Crippen LogP contribution in [0.4, 0.5) is 13.2 Å². The van der Waals surface area contributed by atoms with Gasteiger partial charge in [-0.2, -0.15) is 0 Å². The summed E-state index contributed by atoms with van der Waals surface area (Å²) in [5.74, 6) is 0. The lowest BCUT2D eigenvalue weighted by molar-refractivity contribution is 0.0519. The van der Waals surface area contributed by atoms with Gasteiger partial charge in [0.15, 0.2) is 6.17 Å². The predicted octanol–water partition coefficient (Wildman–Crippen LogP) is 2.83. The lowest BCUT2D eigenvalue weighted by atomic mass is 10.5. The highest BCUT2D eigenvalue weighted by atomic mass is 28.4. The van der Waals surface area contributed by atoms with Gasteiger partial charge >= 0.3 is 8.56 Å². The molecular weight excluding hydrogens is 225 g/mol. The summed E-state index contributed by atoms with van der Waals surface area (Å²) < 4.78 is 47.6. The second-order valence-corrected chi connectivity index (χ2v) is 5.95. The highest BCUT2D eigenvalue weighted by Crippen LogP contribution is 2.22. The van der Waals surface area contributed by atoms with Gasteiger partial charge in [0.1, 0.15) is 0 Å². The molecule has 0 fully saturated rings. The van der Waals surface area contributed by atoms with E-state index in [2.05, 4.69) is 6.58 Å². The molecule has 0 rings (SSSR count). The minimum Gasteiger partial charge on any atom is -0.392 e. The Morgan fingerprint density at radius 3 is 1.93 bits per heavy atom. The van der Waals surface area contributed by atoms with Crippen LogP contribution in [0, 0.1) is 0 Å². The second kappa shape index (κ2) is 7.03. The number of hydrogen-bond acceptors (Lipinski definition) is 2. The van der Waals surface area contributed by atoms with Gasteiger partial charge in [0.2, 0.25) is 0 Å². The standard InChI is InChI=1S/C9H17F3O2Si/c1-4-13-15(6-3,14-5-2)7-8(10)9(11)12/h6,8-9H,3-5,7H2,1-2H3. The largest absolute Gasteiger partial charge is 0.392 e. The first-order valence-corrected chi connectivity index (χ1v) is 6.95. The van der Waals surface area contributed by atoms with Crippen LogP contribution in [0.5, 0.6) is 0 Å². The summed E-state index contributed by atoms with van der Waals surface area (Å²) in [4.78, 5) is 0. The Hall–Kier alpha value is -0.333. The molecule has 0 N–H and O–H groups in total. The number of alkyl halides is 3. The zero-order chi connectivity index (χ0) is 11.9. The van der Waals surface area contributed by atoms with Crippen molar-refractivity contribution < 1.29 is 22.0 Å². The first kappa shape index (κ1) is 14.7. The summed E-state index contributed by atoms with van der Waals surface area (Å²) in [7, 11) is -2.99. The summed E-state index contributed by atoms with van der Waals surface area (Å²) in [5.41, 5.74) is 1.36. The monoisotopic (exact) mass is 242 g/mol. The first-order valence-electron chi connectivity index (χ1n) is 4.85. The molecular formula is C9H17F3O2Si. The van der Waals surface area contributed by atoms with Gasteiger partial charge in [0.25, 0.3) is 6.43 Å². The SMILES string of the molecule is C=C[Si](CC(F)C(F)F)(OCC)OCC. The van der Waals surface area contributed by atoms with Crippen LogP contribution in [-0.2, 0) is 8.85 Å². The van der Waals surface area contributed by atoms with Crippen molar-refractivity contribution in [2.45, 2.75) is 32.5 Å². The van der Waals surface area contributed by atoms with Gasteiger partial charge in [-0.05, 0) is 19.5 Å². The second-order valence-electron chi connectivity index (χ2n) is 2.94. The Balaban J connectivity index is 4.52. The van der Waals surface area contributed by atoms with Crippen LogP contribution in [0.15, 0.2) is 12.3 Å². The van der Waals surface area contributed by atoms with E-state index in [0.29, 0.717) is 13.2 Å². The molecule has 0 aromatic carbocycles. The summed E-state index contributed by atoms with van der Waals surface area (Å²) in [6.45, 7) is 7.50. The molecule has 1 atom stereocenters. The maximum absolute atomic E-state index is 12.9. The van der Waals surface area contributed by atoms with Crippen LogP contribution in [0.1, 0.15) is 13.8 Å². The van der Waals surface area contributed by atoms with Crippen LogP contribution in [0.2, 0.25) is 6.04 Å². The highest BCUT2D eigenvalue weighted by Gasteiger charge is 2.39. The van der Waals surface area contributed by atoms with Crippen molar-refractivity contribution in [2.24, 2.45) is 0 Å². The smallest absolute Gasteiger partial charge is 0.367 e. The molecule has 0 aliphatic rings. The molecule has 0 aromatic rings. The molecule has 0 heterocycles. The fraction of sp³-hybridized carbons (Fsp3) is 0.778. The van der Waals surface area contributed by atoms with E-state index in [9.17, 15) is 13.2 Å². The average Bonchev–Trinajstić information content (AvgIpc) is 2.18. The summed E-state index contributed by atoms with van der Waals surface area (Å²) in [6, 6.07) is -0.407. The molecule has 0 aliphatic heterocycles. The van der Waals surface area contributed by atoms with E-state index >= 15 is 0 Å². The van der Waals surface area contributed by atoms with Gasteiger partial charge in [-0.1, -0.05) is 0 Å². The van der Waals surface area contributed by atoms with Gasteiger partial charge in [-0.15, -0.1) is 6.58 Å². The first-order chi connectivity index (χ1) is 7.01. The van der Waals surface area contributed by atoms with E-state index in [0.717, 1.165) is 0 Å². The summed E-state index contributed by atoms with van der Waals surface area (Å²) in [6.07, 6.45) is -5.22. The number of rotatable bonds is 8. The summed E-state index contributed by atoms with van der Waals surface area (Å²) >= 11 is 0. The van der Waals surface area contributed by atoms with Crippen molar-refractivity contribution in [1.82, 2.24) is 0 Å². The molecule has 0 saturated heterocycles. The normalized spacial score (nSPS) is 14.3. The Labute approximate surface area is 89.3 Å². The fourth-order valence-corrected chi connectivity index (χ4v) is 3.63. The molecule has 6 heteroatoms. The third kappa shape index (κ3) is 4.81. The molecule has 0 saturated carbocycles. The van der Waals surface area contributed by atoms with Gasteiger partial charge < -0.3 is 8.85 Å². The van der Waals surface area contributed by atoms with Crippen LogP contribution < -0.4 is 0 Å². The van der Waals surface area contributed by atoms with Crippen LogP contribution in [0.3, 0.4) is 0 Å². The summed E-state index contributed by atoms with van der Waals surface area (Å²) in [5, 5.41) is 0.